The zero-order valence-corrected chi connectivity index (χ0v) is 6.66. The van der Waals surface area contributed by atoms with Gasteiger partial charge in [0.25, 0.3) is 0 Å². The van der Waals surface area contributed by atoms with Crippen LogP contribution in [0.15, 0.2) is 24.5 Å². The van der Waals surface area contributed by atoms with Crippen LogP contribution in [-0.2, 0) is 0 Å². The first-order valence-electron chi connectivity index (χ1n) is 3.69. The second-order valence-electron chi connectivity index (χ2n) is 2.53. The van der Waals surface area contributed by atoms with Gasteiger partial charge in [0.05, 0.1) is 11.8 Å². The Labute approximate surface area is 73.6 Å². The maximum Gasteiger partial charge on any atom is 0.149 e. The first kappa shape index (κ1) is 7.72. The Morgan fingerprint density at radius 1 is 1.46 bits per heavy atom. The second-order valence-corrected chi connectivity index (χ2v) is 2.53. The van der Waals surface area contributed by atoms with Gasteiger partial charge in [-0.25, -0.2) is 4.39 Å². The van der Waals surface area contributed by atoms with Crippen molar-refractivity contribution < 1.29 is 4.39 Å². The summed E-state index contributed by atoms with van der Waals surface area (Å²) in [6, 6.07) is 2.85. The minimum Gasteiger partial charge on any atom is -0.384 e. The molecule has 0 fully saturated rings. The molecule has 0 atom stereocenters. The van der Waals surface area contributed by atoms with Gasteiger partial charge in [0.1, 0.15) is 17.3 Å². The first-order chi connectivity index (χ1) is 6.29. The lowest BCUT2D eigenvalue weighted by Crippen LogP contribution is -1.92. The number of nitrogens with zero attached hydrogens (tertiary/aromatic N) is 2. The molecule has 2 aromatic rings. The number of nitrogen functional groups attached to an aromatic ring is 1. The van der Waals surface area contributed by atoms with Crippen LogP contribution in [0.5, 0.6) is 0 Å². The highest BCUT2D eigenvalue weighted by Crippen LogP contribution is 2.23. The van der Waals surface area contributed by atoms with E-state index in [0.717, 1.165) is 0 Å². The van der Waals surface area contributed by atoms with E-state index in [9.17, 15) is 4.39 Å². The average molecular weight is 178 g/mol. The van der Waals surface area contributed by atoms with Crippen molar-refractivity contribution in [3.63, 3.8) is 0 Å². The molecule has 0 saturated heterocycles. The number of hydrogen-bond donors (Lipinski definition) is 2. The van der Waals surface area contributed by atoms with Crippen molar-refractivity contribution in [1.82, 2.24) is 15.2 Å². The Kier molecular flexibility index (Phi) is 1.70. The molecule has 13 heavy (non-hydrogen) atoms. The molecule has 2 aromatic heterocycles. The topological polar surface area (TPSA) is 67.6 Å². The number of pyridine rings is 1. The van der Waals surface area contributed by atoms with Gasteiger partial charge in [-0.15, -0.1) is 0 Å². The van der Waals surface area contributed by atoms with E-state index >= 15 is 0 Å². The summed E-state index contributed by atoms with van der Waals surface area (Å²) in [5.74, 6) is -0.0896. The average Bonchev–Trinajstić information content (AvgIpc) is 2.52. The SMILES string of the molecule is Nc1[nH]ncc1-c1ncccc1F. The molecule has 3 N–H and O–H groups in total. The van der Waals surface area contributed by atoms with E-state index in [4.69, 9.17) is 5.73 Å². The minimum absolute atomic E-state index is 0.216. The number of aromatic amines is 1. The molecule has 0 spiro atoms. The molecule has 0 aliphatic carbocycles. The molecule has 66 valence electrons. The molecule has 0 amide bonds. The lowest BCUT2D eigenvalue weighted by atomic mass is 10.2. The van der Waals surface area contributed by atoms with Gasteiger partial charge in [0.15, 0.2) is 0 Å². The predicted molar refractivity (Wildman–Crippen MR) is 46.2 cm³/mol. The van der Waals surface area contributed by atoms with Crippen LogP contribution in [0.2, 0.25) is 0 Å². The number of nitrogens with one attached hydrogen (secondary N) is 1. The van der Waals surface area contributed by atoms with Crippen LogP contribution in [0.3, 0.4) is 0 Å². The molecule has 2 heterocycles. The monoisotopic (exact) mass is 178 g/mol. The fraction of sp³-hybridized carbons (Fsp3) is 0. The van der Waals surface area contributed by atoms with E-state index in [1.54, 1.807) is 0 Å². The number of nitrogens with two attached hydrogens (primary N) is 1. The molecule has 0 aliphatic heterocycles. The fourth-order valence-corrected chi connectivity index (χ4v) is 1.07. The highest BCUT2D eigenvalue weighted by molar-refractivity contribution is 5.70. The molecule has 0 aliphatic rings. The summed E-state index contributed by atoms with van der Waals surface area (Å²) in [7, 11) is 0. The number of anilines is 1. The van der Waals surface area contributed by atoms with Gasteiger partial charge in [-0.1, -0.05) is 0 Å². The maximum absolute atomic E-state index is 13.2. The van der Waals surface area contributed by atoms with Crippen molar-refractivity contribution in [1.29, 1.82) is 0 Å². The number of aromatic nitrogens is 3. The van der Waals surface area contributed by atoms with Crippen molar-refractivity contribution in [3.05, 3.63) is 30.3 Å². The van der Waals surface area contributed by atoms with E-state index in [-0.39, 0.29) is 5.69 Å². The molecule has 0 saturated carbocycles. The molecular weight excluding hydrogens is 171 g/mol. The third kappa shape index (κ3) is 1.24. The summed E-state index contributed by atoms with van der Waals surface area (Å²) < 4.78 is 13.2. The molecule has 4 nitrogen and oxygen atoms in total. The van der Waals surface area contributed by atoms with Gasteiger partial charge in [-0.2, -0.15) is 5.10 Å². The Hall–Kier alpha value is -1.91. The van der Waals surface area contributed by atoms with Crippen LogP contribution in [-0.4, -0.2) is 15.2 Å². The van der Waals surface area contributed by atoms with E-state index < -0.39 is 5.82 Å². The van der Waals surface area contributed by atoms with Gasteiger partial charge in [0.2, 0.25) is 0 Å². The molecular formula is C8H7FN4. The summed E-state index contributed by atoms with van der Waals surface area (Å²) in [6.45, 7) is 0. The Bertz CT molecular complexity index is 424. The smallest absolute Gasteiger partial charge is 0.149 e. The number of halogens is 1. The number of rotatable bonds is 1. The normalized spacial score (nSPS) is 10.2. The number of hydrogen-bond acceptors (Lipinski definition) is 3. The van der Waals surface area contributed by atoms with Gasteiger partial charge >= 0.3 is 0 Å². The third-order valence-electron chi connectivity index (χ3n) is 1.68. The van der Waals surface area contributed by atoms with Crippen molar-refractivity contribution >= 4 is 5.82 Å². The zero-order chi connectivity index (χ0) is 9.26. The summed E-state index contributed by atoms with van der Waals surface area (Å²) >= 11 is 0. The van der Waals surface area contributed by atoms with Crippen LogP contribution in [0, 0.1) is 5.82 Å². The largest absolute Gasteiger partial charge is 0.384 e. The summed E-state index contributed by atoms with van der Waals surface area (Å²) in [4.78, 5) is 3.87. The van der Waals surface area contributed by atoms with Crippen molar-refractivity contribution in [2.45, 2.75) is 0 Å². The molecule has 0 aromatic carbocycles. The quantitative estimate of drug-likeness (QED) is 0.689. The van der Waals surface area contributed by atoms with Crippen LogP contribution >= 0.6 is 0 Å². The van der Waals surface area contributed by atoms with Crippen molar-refractivity contribution in [3.8, 4) is 11.3 Å². The van der Waals surface area contributed by atoms with Crippen LogP contribution in [0.25, 0.3) is 11.3 Å². The van der Waals surface area contributed by atoms with Crippen LogP contribution in [0.1, 0.15) is 0 Å². The van der Waals surface area contributed by atoms with Crippen LogP contribution in [0.4, 0.5) is 10.2 Å². The summed E-state index contributed by atoms with van der Waals surface area (Å²) in [6.07, 6.45) is 2.95. The summed E-state index contributed by atoms with van der Waals surface area (Å²) in [5.41, 5.74) is 6.22. The van der Waals surface area contributed by atoms with Crippen molar-refractivity contribution in [2.24, 2.45) is 0 Å². The molecule has 0 bridgehead atoms. The Morgan fingerprint density at radius 2 is 2.31 bits per heavy atom. The van der Waals surface area contributed by atoms with E-state index in [1.807, 2.05) is 0 Å². The molecule has 5 heteroatoms. The highest BCUT2D eigenvalue weighted by Gasteiger charge is 2.09. The maximum atomic E-state index is 13.2. The molecule has 0 unspecified atom stereocenters. The Morgan fingerprint density at radius 3 is 2.92 bits per heavy atom. The lowest BCUT2D eigenvalue weighted by molar-refractivity contribution is 0.626. The second kappa shape index (κ2) is 2.85. The highest BCUT2D eigenvalue weighted by atomic mass is 19.1. The third-order valence-corrected chi connectivity index (χ3v) is 1.68. The fourth-order valence-electron chi connectivity index (χ4n) is 1.07. The Balaban J connectivity index is 2.59. The molecule has 0 radical (unpaired) electrons. The summed E-state index contributed by atoms with van der Waals surface area (Å²) in [5, 5.41) is 6.20. The van der Waals surface area contributed by atoms with Gasteiger partial charge in [0, 0.05) is 6.20 Å². The van der Waals surface area contributed by atoms with Crippen LogP contribution < -0.4 is 5.73 Å². The lowest BCUT2D eigenvalue weighted by Gasteiger charge is -1.98. The number of H-pyrrole nitrogens is 1. The van der Waals surface area contributed by atoms with Gasteiger partial charge in [-0.05, 0) is 12.1 Å². The minimum atomic E-state index is -0.407. The predicted octanol–water partition coefficient (Wildman–Crippen LogP) is 1.19. The van der Waals surface area contributed by atoms with Gasteiger partial charge in [-0.3, -0.25) is 10.1 Å². The van der Waals surface area contributed by atoms with Crippen molar-refractivity contribution in [2.75, 3.05) is 5.73 Å². The standard InChI is InChI=1S/C8H7FN4/c9-6-2-1-3-11-7(6)5-4-12-13-8(5)10/h1-4H,(H3,10,12,13). The van der Waals surface area contributed by atoms with Gasteiger partial charge < -0.3 is 5.73 Å². The zero-order valence-electron chi connectivity index (χ0n) is 6.66. The van der Waals surface area contributed by atoms with E-state index in [1.165, 1.54) is 24.5 Å². The molecule has 2 rings (SSSR count). The van der Waals surface area contributed by atoms with E-state index in [0.29, 0.717) is 11.4 Å². The van der Waals surface area contributed by atoms with E-state index in [2.05, 4.69) is 15.2 Å². The first-order valence-corrected chi connectivity index (χ1v) is 3.69.